The van der Waals surface area contributed by atoms with Crippen LogP contribution >= 0.6 is 11.3 Å². The highest BCUT2D eigenvalue weighted by Crippen LogP contribution is 2.24. The number of benzene rings is 1. The van der Waals surface area contributed by atoms with E-state index in [0.717, 1.165) is 49.5 Å². The molecule has 0 radical (unpaired) electrons. The van der Waals surface area contributed by atoms with Crippen LogP contribution in [0.4, 0.5) is 9.52 Å². The van der Waals surface area contributed by atoms with Gasteiger partial charge in [0.05, 0.1) is 5.69 Å². The Kier molecular flexibility index (Phi) is 5.92. The molecule has 1 aromatic heterocycles. The molecule has 2 aliphatic rings. The zero-order valence-electron chi connectivity index (χ0n) is 16.3. The molecule has 28 heavy (non-hydrogen) atoms. The SMILES string of the molecule is CC1CCN(Cc2csc(N3CCN(C(=O)c4ccc(F)cc4)CC3)n2)CC1. The lowest BCUT2D eigenvalue weighted by Gasteiger charge is -2.34. The summed E-state index contributed by atoms with van der Waals surface area (Å²) in [4.78, 5) is 24.0. The number of anilines is 1. The number of rotatable bonds is 4. The second kappa shape index (κ2) is 8.57. The van der Waals surface area contributed by atoms with E-state index in [1.807, 2.05) is 4.90 Å². The summed E-state index contributed by atoms with van der Waals surface area (Å²) in [6.07, 6.45) is 2.56. The summed E-state index contributed by atoms with van der Waals surface area (Å²) in [5, 5.41) is 3.22. The van der Waals surface area contributed by atoms with Crippen LogP contribution in [0.25, 0.3) is 0 Å². The molecule has 2 aliphatic heterocycles. The molecular formula is C21H27FN4OS. The first-order chi connectivity index (χ1) is 13.6. The normalized spacial score (nSPS) is 19.2. The number of piperazine rings is 1. The summed E-state index contributed by atoms with van der Waals surface area (Å²) < 4.78 is 13.1. The summed E-state index contributed by atoms with van der Waals surface area (Å²) in [5.74, 6) is 0.495. The molecule has 2 aromatic rings. The van der Waals surface area contributed by atoms with E-state index in [2.05, 4.69) is 22.1 Å². The van der Waals surface area contributed by atoms with E-state index in [9.17, 15) is 9.18 Å². The van der Waals surface area contributed by atoms with E-state index in [0.29, 0.717) is 18.7 Å². The van der Waals surface area contributed by atoms with Crippen LogP contribution in [0.2, 0.25) is 0 Å². The molecule has 0 unspecified atom stereocenters. The lowest BCUT2D eigenvalue weighted by atomic mass is 9.99. The summed E-state index contributed by atoms with van der Waals surface area (Å²) in [5.41, 5.74) is 1.70. The molecule has 150 valence electrons. The first-order valence-corrected chi connectivity index (χ1v) is 10.9. The van der Waals surface area contributed by atoms with Gasteiger partial charge in [0, 0.05) is 43.7 Å². The van der Waals surface area contributed by atoms with Crippen molar-refractivity contribution in [1.29, 1.82) is 0 Å². The number of nitrogens with zero attached hydrogens (tertiary/aromatic N) is 4. The van der Waals surface area contributed by atoms with Gasteiger partial charge in [-0.05, 0) is 56.1 Å². The zero-order chi connectivity index (χ0) is 19.5. The number of thiazole rings is 1. The fourth-order valence-corrected chi connectivity index (χ4v) is 4.71. The molecule has 0 spiro atoms. The fourth-order valence-electron chi connectivity index (χ4n) is 3.84. The van der Waals surface area contributed by atoms with Gasteiger partial charge in [-0.3, -0.25) is 9.69 Å². The lowest BCUT2D eigenvalue weighted by molar-refractivity contribution is 0.0746. The summed E-state index contributed by atoms with van der Waals surface area (Å²) in [6.45, 7) is 8.48. The van der Waals surface area contributed by atoms with Gasteiger partial charge in [0.15, 0.2) is 5.13 Å². The Bertz CT molecular complexity index is 793. The highest BCUT2D eigenvalue weighted by atomic mass is 32.1. The van der Waals surface area contributed by atoms with Crippen LogP contribution in [0, 0.1) is 11.7 Å². The Hall–Kier alpha value is -1.99. The quantitative estimate of drug-likeness (QED) is 0.785. The van der Waals surface area contributed by atoms with Crippen molar-refractivity contribution in [3.63, 3.8) is 0 Å². The Morgan fingerprint density at radius 3 is 2.46 bits per heavy atom. The minimum atomic E-state index is -0.319. The topological polar surface area (TPSA) is 39.7 Å². The van der Waals surface area contributed by atoms with Crippen molar-refractivity contribution >= 4 is 22.4 Å². The van der Waals surface area contributed by atoms with E-state index >= 15 is 0 Å². The molecule has 4 rings (SSSR count). The van der Waals surface area contributed by atoms with Crippen molar-refractivity contribution in [2.24, 2.45) is 5.92 Å². The van der Waals surface area contributed by atoms with Gasteiger partial charge >= 0.3 is 0 Å². The minimum Gasteiger partial charge on any atom is -0.345 e. The number of hydrogen-bond acceptors (Lipinski definition) is 5. The maximum atomic E-state index is 13.1. The van der Waals surface area contributed by atoms with E-state index in [1.165, 1.54) is 25.0 Å². The molecule has 3 heterocycles. The maximum Gasteiger partial charge on any atom is 0.253 e. The van der Waals surface area contributed by atoms with Crippen LogP contribution in [0.3, 0.4) is 0 Å². The molecule has 1 amide bonds. The summed E-state index contributed by atoms with van der Waals surface area (Å²) >= 11 is 1.70. The zero-order valence-corrected chi connectivity index (χ0v) is 17.1. The number of carbonyl (C=O) groups excluding carboxylic acids is 1. The van der Waals surface area contributed by atoms with Crippen LogP contribution in [0.5, 0.6) is 0 Å². The van der Waals surface area contributed by atoms with Crippen LogP contribution in [0.1, 0.15) is 35.8 Å². The average molecular weight is 403 g/mol. The minimum absolute atomic E-state index is 0.0289. The second-order valence-electron chi connectivity index (χ2n) is 7.87. The van der Waals surface area contributed by atoms with Gasteiger partial charge in [0.2, 0.25) is 0 Å². The van der Waals surface area contributed by atoms with Crippen molar-refractivity contribution in [2.75, 3.05) is 44.2 Å². The smallest absolute Gasteiger partial charge is 0.253 e. The summed E-state index contributed by atoms with van der Waals surface area (Å²) in [7, 11) is 0. The highest BCUT2D eigenvalue weighted by Gasteiger charge is 2.24. The van der Waals surface area contributed by atoms with E-state index in [-0.39, 0.29) is 11.7 Å². The summed E-state index contributed by atoms with van der Waals surface area (Å²) in [6, 6.07) is 5.78. The monoisotopic (exact) mass is 402 g/mol. The van der Waals surface area contributed by atoms with Crippen molar-refractivity contribution in [1.82, 2.24) is 14.8 Å². The molecule has 0 bridgehead atoms. The molecule has 0 saturated carbocycles. The Balaban J connectivity index is 1.30. The molecular weight excluding hydrogens is 375 g/mol. The standard InChI is InChI=1S/C21H27FN4OS/c1-16-6-8-24(9-7-16)14-19-15-28-21(23-19)26-12-10-25(11-13-26)20(27)17-2-4-18(22)5-3-17/h2-5,15-16H,6-14H2,1H3. The molecule has 0 atom stereocenters. The van der Waals surface area contributed by atoms with Gasteiger partial charge in [-0.15, -0.1) is 11.3 Å². The number of hydrogen-bond donors (Lipinski definition) is 0. The average Bonchev–Trinajstić information content (AvgIpc) is 3.18. The maximum absolute atomic E-state index is 13.1. The van der Waals surface area contributed by atoms with Gasteiger partial charge in [-0.1, -0.05) is 6.92 Å². The number of aromatic nitrogens is 1. The molecule has 0 aliphatic carbocycles. The van der Waals surface area contributed by atoms with Gasteiger partial charge in [0.25, 0.3) is 5.91 Å². The molecule has 2 saturated heterocycles. The van der Waals surface area contributed by atoms with E-state index in [1.54, 1.807) is 23.5 Å². The second-order valence-corrected chi connectivity index (χ2v) is 8.70. The van der Waals surface area contributed by atoms with Crippen LogP contribution in [0.15, 0.2) is 29.6 Å². The Labute approximate surface area is 169 Å². The third kappa shape index (κ3) is 4.52. The van der Waals surface area contributed by atoms with Crippen molar-refractivity contribution < 1.29 is 9.18 Å². The van der Waals surface area contributed by atoms with Crippen molar-refractivity contribution in [3.05, 3.63) is 46.7 Å². The third-order valence-electron chi connectivity index (χ3n) is 5.73. The van der Waals surface area contributed by atoms with Gasteiger partial charge in [-0.2, -0.15) is 0 Å². The number of piperidine rings is 1. The number of carbonyl (C=O) groups is 1. The fraction of sp³-hybridized carbons (Fsp3) is 0.524. The molecule has 2 fully saturated rings. The van der Waals surface area contributed by atoms with Gasteiger partial charge in [-0.25, -0.2) is 9.37 Å². The van der Waals surface area contributed by atoms with E-state index in [4.69, 9.17) is 4.98 Å². The van der Waals surface area contributed by atoms with Crippen LogP contribution in [-0.4, -0.2) is 60.0 Å². The number of amides is 1. The van der Waals surface area contributed by atoms with Crippen molar-refractivity contribution in [3.8, 4) is 0 Å². The van der Waals surface area contributed by atoms with Crippen LogP contribution < -0.4 is 4.90 Å². The Morgan fingerprint density at radius 1 is 1.11 bits per heavy atom. The molecule has 0 N–H and O–H groups in total. The molecule has 1 aromatic carbocycles. The third-order valence-corrected chi connectivity index (χ3v) is 6.68. The lowest BCUT2D eigenvalue weighted by Crippen LogP contribution is -2.48. The van der Waals surface area contributed by atoms with Crippen molar-refractivity contribution in [2.45, 2.75) is 26.3 Å². The molecule has 5 nitrogen and oxygen atoms in total. The van der Waals surface area contributed by atoms with Crippen LogP contribution in [-0.2, 0) is 6.54 Å². The first-order valence-electron chi connectivity index (χ1n) is 10.0. The van der Waals surface area contributed by atoms with Gasteiger partial charge in [0.1, 0.15) is 5.82 Å². The molecule has 7 heteroatoms. The van der Waals surface area contributed by atoms with Gasteiger partial charge < -0.3 is 9.80 Å². The number of halogens is 1. The highest BCUT2D eigenvalue weighted by molar-refractivity contribution is 7.13. The van der Waals surface area contributed by atoms with E-state index < -0.39 is 0 Å². The Morgan fingerprint density at radius 2 is 1.79 bits per heavy atom. The first kappa shape index (κ1) is 19.3. The largest absolute Gasteiger partial charge is 0.345 e. The predicted octanol–water partition coefficient (Wildman–Crippen LogP) is 3.48. The number of likely N-dealkylation sites (tertiary alicyclic amines) is 1. The predicted molar refractivity (Wildman–Crippen MR) is 110 cm³/mol.